The van der Waals surface area contributed by atoms with E-state index >= 15 is 0 Å². The van der Waals surface area contributed by atoms with Gasteiger partial charge in [-0.15, -0.1) is 0 Å². The van der Waals surface area contributed by atoms with E-state index in [0.29, 0.717) is 21.0 Å². The number of rotatable bonds is 4. The highest BCUT2D eigenvalue weighted by Gasteiger charge is 2.32. The van der Waals surface area contributed by atoms with E-state index in [0.717, 1.165) is 24.1 Å². The van der Waals surface area contributed by atoms with Crippen LogP contribution in [-0.2, 0) is 0 Å². The molecule has 0 heterocycles. The zero-order chi connectivity index (χ0) is 15.0. The molecule has 1 saturated carbocycles. The quantitative estimate of drug-likeness (QED) is 0.637. The first kappa shape index (κ1) is 15.0. The minimum Gasteiger partial charge on any atom is -0.377 e. The van der Waals surface area contributed by atoms with Gasteiger partial charge in [0.05, 0.1) is 26.8 Å². The van der Waals surface area contributed by atoms with E-state index in [1.807, 2.05) is 0 Å². The Kier molecular flexibility index (Phi) is 4.30. The molecule has 0 amide bonds. The Balaban J connectivity index is 1.89. The number of halogens is 4. The zero-order valence-electron chi connectivity index (χ0n) is 11.0. The second-order valence-corrected chi connectivity index (χ2v) is 6.48. The van der Waals surface area contributed by atoms with Crippen LogP contribution in [0.3, 0.4) is 0 Å². The molecule has 0 saturated heterocycles. The average molecular weight is 345 g/mol. The summed E-state index contributed by atoms with van der Waals surface area (Å²) in [7, 11) is 0. The van der Waals surface area contributed by atoms with E-state index in [-0.39, 0.29) is 11.9 Å². The van der Waals surface area contributed by atoms with Crippen molar-refractivity contribution in [3.63, 3.8) is 0 Å². The monoisotopic (exact) mass is 343 g/mol. The second kappa shape index (κ2) is 6.04. The molecule has 110 valence electrons. The SMILES string of the molecule is Fc1ccc(C(Nc2cc(Cl)c(Cl)cc2Cl)C2CC2)cc1. The molecule has 1 atom stereocenters. The average Bonchev–Trinajstić information content (AvgIpc) is 3.27. The van der Waals surface area contributed by atoms with Crippen LogP contribution in [0.2, 0.25) is 15.1 Å². The lowest BCUT2D eigenvalue weighted by atomic mass is 10.0. The molecule has 1 nitrogen and oxygen atoms in total. The van der Waals surface area contributed by atoms with Gasteiger partial charge >= 0.3 is 0 Å². The number of nitrogens with one attached hydrogen (secondary N) is 1. The molecule has 21 heavy (non-hydrogen) atoms. The van der Waals surface area contributed by atoms with Gasteiger partial charge in [0.15, 0.2) is 0 Å². The van der Waals surface area contributed by atoms with E-state index in [4.69, 9.17) is 34.8 Å². The fourth-order valence-electron chi connectivity index (χ4n) is 2.37. The second-order valence-electron chi connectivity index (χ2n) is 5.26. The summed E-state index contributed by atoms with van der Waals surface area (Å²) in [5.41, 5.74) is 1.79. The van der Waals surface area contributed by atoms with Crippen molar-refractivity contribution in [2.24, 2.45) is 5.92 Å². The zero-order valence-corrected chi connectivity index (χ0v) is 13.3. The highest BCUT2D eigenvalue weighted by molar-refractivity contribution is 6.44. The van der Waals surface area contributed by atoms with Gasteiger partial charge in [0, 0.05) is 0 Å². The predicted octanol–water partition coefficient (Wildman–Crippen LogP) is 6.35. The Morgan fingerprint density at radius 2 is 1.57 bits per heavy atom. The van der Waals surface area contributed by atoms with Gasteiger partial charge < -0.3 is 5.32 Å². The van der Waals surface area contributed by atoms with Crippen LogP contribution >= 0.6 is 34.8 Å². The van der Waals surface area contributed by atoms with E-state index in [2.05, 4.69) is 5.32 Å². The number of hydrogen-bond donors (Lipinski definition) is 1. The first-order valence-electron chi connectivity index (χ1n) is 6.71. The summed E-state index contributed by atoms with van der Waals surface area (Å²) < 4.78 is 13.1. The standard InChI is InChI=1S/C16H13Cl3FN/c17-12-7-14(19)15(8-13(12)18)21-16(9-1-2-9)10-3-5-11(20)6-4-10/h3-9,16,21H,1-2H2. The molecule has 1 aliphatic rings. The van der Waals surface area contributed by atoms with Gasteiger partial charge in [-0.25, -0.2) is 4.39 Å². The van der Waals surface area contributed by atoms with Gasteiger partial charge in [-0.05, 0) is 48.6 Å². The van der Waals surface area contributed by atoms with Crippen molar-refractivity contribution >= 4 is 40.5 Å². The van der Waals surface area contributed by atoms with E-state index < -0.39 is 0 Å². The van der Waals surface area contributed by atoms with Crippen molar-refractivity contribution in [1.29, 1.82) is 0 Å². The maximum atomic E-state index is 13.1. The van der Waals surface area contributed by atoms with Gasteiger partial charge in [0.1, 0.15) is 5.82 Å². The molecule has 0 radical (unpaired) electrons. The minimum absolute atomic E-state index is 0.0975. The van der Waals surface area contributed by atoms with Crippen LogP contribution in [0.15, 0.2) is 36.4 Å². The molecule has 1 aliphatic carbocycles. The summed E-state index contributed by atoms with van der Waals surface area (Å²) in [6.07, 6.45) is 2.29. The van der Waals surface area contributed by atoms with Crippen LogP contribution in [0.25, 0.3) is 0 Å². The van der Waals surface area contributed by atoms with Crippen LogP contribution in [0.5, 0.6) is 0 Å². The molecule has 0 spiro atoms. The molecular formula is C16H13Cl3FN. The number of benzene rings is 2. The summed E-state index contributed by atoms with van der Waals surface area (Å²) in [4.78, 5) is 0. The van der Waals surface area contributed by atoms with Crippen molar-refractivity contribution in [3.05, 3.63) is 62.8 Å². The van der Waals surface area contributed by atoms with Crippen molar-refractivity contribution in [1.82, 2.24) is 0 Å². The summed E-state index contributed by atoms with van der Waals surface area (Å²) in [6.45, 7) is 0. The number of anilines is 1. The largest absolute Gasteiger partial charge is 0.377 e. The van der Waals surface area contributed by atoms with Gasteiger partial charge in [-0.2, -0.15) is 0 Å². The topological polar surface area (TPSA) is 12.0 Å². The normalized spacial score (nSPS) is 15.8. The molecule has 3 rings (SSSR count). The van der Waals surface area contributed by atoms with Crippen LogP contribution < -0.4 is 5.32 Å². The van der Waals surface area contributed by atoms with Gasteiger partial charge in [-0.3, -0.25) is 0 Å². The fraction of sp³-hybridized carbons (Fsp3) is 0.250. The third-order valence-electron chi connectivity index (χ3n) is 3.64. The van der Waals surface area contributed by atoms with Gasteiger partial charge in [-0.1, -0.05) is 46.9 Å². The Morgan fingerprint density at radius 3 is 2.19 bits per heavy atom. The van der Waals surface area contributed by atoms with Gasteiger partial charge in [0.2, 0.25) is 0 Å². The van der Waals surface area contributed by atoms with Crippen molar-refractivity contribution in [2.45, 2.75) is 18.9 Å². The highest BCUT2D eigenvalue weighted by Crippen LogP contribution is 2.44. The molecule has 1 N–H and O–H groups in total. The smallest absolute Gasteiger partial charge is 0.123 e. The number of hydrogen-bond acceptors (Lipinski definition) is 1. The first-order chi connectivity index (χ1) is 10.0. The molecule has 0 aromatic heterocycles. The fourth-order valence-corrected chi connectivity index (χ4v) is 2.98. The predicted molar refractivity (Wildman–Crippen MR) is 87.0 cm³/mol. The molecule has 0 aliphatic heterocycles. The maximum Gasteiger partial charge on any atom is 0.123 e. The van der Waals surface area contributed by atoms with Crippen LogP contribution in [-0.4, -0.2) is 0 Å². The Morgan fingerprint density at radius 1 is 0.952 bits per heavy atom. The molecule has 5 heteroatoms. The molecule has 1 fully saturated rings. The van der Waals surface area contributed by atoms with Crippen LogP contribution in [0.1, 0.15) is 24.4 Å². The Labute approximate surface area is 138 Å². The molecule has 2 aromatic rings. The maximum absolute atomic E-state index is 13.1. The van der Waals surface area contributed by atoms with Crippen LogP contribution in [0, 0.1) is 11.7 Å². The highest BCUT2D eigenvalue weighted by atomic mass is 35.5. The lowest BCUT2D eigenvalue weighted by Crippen LogP contribution is -2.13. The summed E-state index contributed by atoms with van der Waals surface area (Å²) in [5, 5.41) is 4.82. The summed E-state index contributed by atoms with van der Waals surface area (Å²) >= 11 is 18.2. The lowest BCUT2D eigenvalue weighted by molar-refractivity contribution is 0.622. The van der Waals surface area contributed by atoms with Crippen molar-refractivity contribution in [2.75, 3.05) is 5.32 Å². The lowest BCUT2D eigenvalue weighted by Gasteiger charge is -2.21. The summed E-state index contributed by atoms with van der Waals surface area (Å²) in [6, 6.07) is 10.0. The van der Waals surface area contributed by atoms with E-state index in [9.17, 15) is 4.39 Å². The van der Waals surface area contributed by atoms with Crippen molar-refractivity contribution in [3.8, 4) is 0 Å². The third-order valence-corrected chi connectivity index (χ3v) is 4.68. The summed E-state index contributed by atoms with van der Waals surface area (Å²) in [5.74, 6) is 0.293. The minimum atomic E-state index is -0.235. The molecule has 1 unspecified atom stereocenters. The third kappa shape index (κ3) is 3.45. The molecule has 0 bridgehead atoms. The van der Waals surface area contributed by atoms with Crippen molar-refractivity contribution < 1.29 is 4.39 Å². The van der Waals surface area contributed by atoms with Gasteiger partial charge in [0.25, 0.3) is 0 Å². The molecule has 2 aromatic carbocycles. The van der Waals surface area contributed by atoms with E-state index in [1.54, 1.807) is 24.3 Å². The van der Waals surface area contributed by atoms with E-state index in [1.165, 1.54) is 12.1 Å². The Bertz CT molecular complexity index is 653. The molecular weight excluding hydrogens is 332 g/mol. The Hall–Kier alpha value is -0.960. The first-order valence-corrected chi connectivity index (χ1v) is 7.84. The van der Waals surface area contributed by atoms with Crippen LogP contribution in [0.4, 0.5) is 10.1 Å².